The number of rotatable bonds is 2. The molecule has 1 fully saturated rings. The Hall–Kier alpha value is -0.690. The fourth-order valence-corrected chi connectivity index (χ4v) is 4.34. The van der Waals surface area contributed by atoms with Crippen molar-refractivity contribution in [2.45, 2.75) is 24.8 Å². The molecule has 0 saturated carbocycles. The molecule has 1 saturated heterocycles. The second-order valence-electron chi connectivity index (χ2n) is 4.70. The summed E-state index contributed by atoms with van der Waals surface area (Å²) in [4.78, 5) is -0.0261. The molecule has 1 N–H and O–H groups in total. The van der Waals surface area contributed by atoms with Gasteiger partial charge in [0.1, 0.15) is 10.7 Å². The van der Waals surface area contributed by atoms with Crippen LogP contribution in [0.25, 0.3) is 0 Å². The van der Waals surface area contributed by atoms with Gasteiger partial charge < -0.3 is 5.32 Å². The van der Waals surface area contributed by atoms with Crippen molar-refractivity contribution in [2.24, 2.45) is 0 Å². The SMILES string of the molecule is Cc1cc(S(=O)(=O)N2CCNC[C@H]2C)c(Cl)cc1F. The van der Waals surface area contributed by atoms with Crippen molar-refractivity contribution < 1.29 is 12.8 Å². The molecule has 0 aliphatic carbocycles. The summed E-state index contributed by atoms with van der Waals surface area (Å²) >= 11 is 5.89. The zero-order chi connectivity index (χ0) is 14.2. The number of hydrogen-bond acceptors (Lipinski definition) is 3. The van der Waals surface area contributed by atoms with Gasteiger partial charge in [0.25, 0.3) is 0 Å². The molecule has 0 radical (unpaired) electrons. The molecule has 1 aliphatic rings. The maximum atomic E-state index is 13.4. The number of halogens is 2. The van der Waals surface area contributed by atoms with E-state index in [2.05, 4.69) is 5.32 Å². The van der Waals surface area contributed by atoms with Gasteiger partial charge >= 0.3 is 0 Å². The Balaban J connectivity index is 2.47. The van der Waals surface area contributed by atoms with Crippen molar-refractivity contribution in [3.05, 3.63) is 28.5 Å². The number of aryl methyl sites for hydroxylation is 1. The number of sulfonamides is 1. The van der Waals surface area contributed by atoms with Gasteiger partial charge in [0.15, 0.2) is 0 Å². The molecule has 4 nitrogen and oxygen atoms in total. The minimum Gasteiger partial charge on any atom is -0.314 e. The average Bonchev–Trinajstić information content (AvgIpc) is 2.34. The largest absolute Gasteiger partial charge is 0.314 e. The third kappa shape index (κ3) is 2.76. The Morgan fingerprint density at radius 3 is 2.79 bits per heavy atom. The predicted octanol–water partition coefficient (Wildman–Crippen LogP) is 1.77. The van der Waals surface area contributed by atoms with E-state index in [4.69, 9.17) is 11.6 Å². The molecule has 0 amide bonds. The minimum absolute atomic E-state index is 0.0261. The molecular formula is C12H16ClFN2O2S. The lowest BCUT2D eigenvalue weighted by atomic mass is 10.2. The smallest absolute Gasteiger partial charge is 0.244 e. The molecule has 19 heavy (non-hydrogen) atoms. The summed E-state index contributed by atoms with van der Waals surface area (Å²) in [6, 6.07) is 2.19. The van der Waals surface area contributed by atoms with E-state index in [1.165, 1.54) is 17.3 Å². The van der Waals surface area contributed by atoms with Gasteiger partial charge in [0, 0.05) is 25.7 Å². The molecule has 1 aromatic carbocycles. The fourth-order valence-electron chi connectivity index (χ4n) is 2.13. The highest BCUT2D eigenvalue weighted by Gasteiger charge is 2.32. The summed E-state index contributed by atoms with van der Waals surface area (Å²) in [5.74, 6) is -0.502. The number of nitrogens with zero attached hydrogens (tertiary/aromatic N) is 1. The lowest BCUT2D eigenvalue weighted by molar-refractivity contribution is 0.284. The summed E-state index contributed by atoms with van der Waals surface area (Å²) in [6.45, 7) is 4.93. The van der Waals surface area contributed by atoms with E-state index in [-0.39, 0.29) is 21.5 Å². The van der Waals surface area contributed by atoms with E-state index in [9.17, 15) is 12.8 Å². The monoisotopic (exact) mass is 306 g/mol. The van der Waals surface area contributed by atoms with Crippen LogP contribution in [-0.2, 0) is 10.0 Å². The Labute approximate surface area is 117 Å². The van der Waals surface area contributed by atoms with Crippen LogP contribution >= 0.6 is 11.6 Å². The van der Waals surface area contributed by atoms with Crippen LogP contribution in [0.3, 0.4) is 0 Å². The summed E-state index contributed by atoms with van der Waals surface area (Å²) in [6.07, 6.45) is 0. The average molecular weight is 307 g/mol. The predicted molar refractivity (Wildman–Crippen MR) is 72.4 cm³/mol. The lowest BCUT2D eigenvalue weighted by Crippen LogP contribution is -2.52. The molecule has 1 aliphatic heterocycles. The van der Waals surface area contributed by atoms with Crippen LogP contribution in [0.1, 0.15) is 12.5 Å². The first-order valence-electron chi connectivity index (χ1n) is 6.02. The van der Waals surface area contributed by atoms with E-state index in [0.29, 0.717) is 19.6 Å². The Morgan fingerprint density at radius 1 is 1.47 bits per heavy atom. The van der Waals surface area contributed by atoms with Gasteiger partial charge in [-0.3, -0.25) is 0 Å². The van der Waals surface area contributed by atoms with Gasteiger partial charge in [-0.05, 0) is 31.5 Å². The van der Waals surface area contributed by atoms with Crippen LogP contribution in [-0.4, -0.2) is 38.4 Å². The Morgan fingerprint density at radius 2 is 2.16 bits per heavy atom. The number of hydrogen-bond donors (Lipinski definition) is 1. The number of benzene rings is 1. The maximum absolute atomic E-state index is 13.4. The van der Waals surface area contributed by atoms with Crippen LogP contribution in [0, 0.1) is 12.7 Å². The highest BCUT2D eigenvalue weighted by molar-refractivity contribution is 7.89. The fraction of sp³-hybridized carbons (Fsp3) is 0.500. The standard InChI is InChI=1S/C12H16ClFN2O2S/c1-8-5-12(10(13)6-11(8)14)19(17,18)16-4-3-15-7-9(16)2/h5-6,9,15H,3-4,7H2,1-2H3/t9-/m1/s1. The molecule has 2 rings (SSSR count). The topological polar surface area (TPSA) is 49.4 Å². The van der Waals surface area contributed by atoms with E-state index in [0.717, 1.165) is 6.07 Å². The zero-order valence-corrected chi connectivity index (χ0v) is 12.4. The van der Waals surface area contributed by atoms with Crippen LogP contribution < -0.4 is 5.32 Å². The summed E-state index contributed by atoms with van der Waals surface area (Å²) in [5, 5.41) is 3.05. The Bertz CT molecular complexity index is 592. The van der Waals surface area contributed by atoms with Crippen molar-refractivity contribution in [1.82, 2.24) is 9.62 Å². The molecule has 0 unspecified atom stereocenters. The maximum Gasteiger partial charge on any atom is 0.244 e. The van der Waals surface area contributed by atoms with Crippen molar-refractivity contribution in [2.75, 3.05) is 19.6 Å². The van der Waals surface area contributed by atoms with Crippen molar-refractivity contribution in [1.29, 1.82) is 0 Å². The van der Waals surface area contributed by atoms with Crippen LogP contribution in [0.2, 0.25) is 5.02 Å². The third-order valence-corrected chi connectivity index (χ3v) is 5.72. The zero-order valence-electron chi connectivity index (χ0n) is 10.8. The van der Waals surface area contributed by atoms with Crippen molar-refractivity contribution in [3.63, 3.8) is 0 Å². The molecule has 0 bridgehead atoms. The van der Waals surface area contributed by atoms with Crippen molar-refractivity contribution >= 4 is 21.6 Å². The van der Waals surface area contributed by atoms with Gasteiger partial charge in [-0.25, -0.2) is 12.8 Å². The summed E-state index contributed by atoms with van der Waals surface area (Å²) in [5.41, 5.74) is 0.269. The van der Waals surface area contributed by atoms with Crippen LogP contribution in [0.15, 0.2) is 17.0 Å². The molecule has 0 spiro atoms. The second-order valence-corrected chi connectivity index (χ2v) is 6.97. The van der Waals surface area contributed by atoms with E-state index >= 15 is 0 Å². The molecule has 1 atom stereocenters. The van der Waals surface area contributed by atoms with E-state index < -0.39 is 15.8 Å². The summed E-state index contributed by atoms with van der Waals surface area (Å²) < 4.78 is 39.9. The first kappa shape index (κ1) is 14.7. The van der Waals surface area contributed by atoms with E-state index in [1.807, 2.05) is 6.92 Å². The highest BCUT2D eigenvalue weighted by atomic mass is 35.5. The lowest BCUT2D eigenvalue weighted by Gasteiger charge is -2.33. The first-order valence-corrected chi connectivity index (χ1v) is 7.84. The molecule has 106 valence electrons. The quantitative estimate of drug-likeness (QED) is 0.906. The van der Waals surface area contributed by atoms with Crippen LogP contribution in [0.4, 0.5) is 4.39 Å². The second kappa shape index (κ2) is 5.36. The van der Waals surface area contributed by atoms with Gasteiger partial charge in [-0.15, -0.1) is 0 Å². The van der Waals surface area contributed by atoms with Gasteiger partial charge in [-0.1, -0.05) is 11.6 Å². The minimum atomic E-state index is -3.69. The van der Waals surface area contributed by atoms with Gasteiger partial charge in [0.05, 0.1) is 5.02 Å². The molecule has 1 heterocycles. The number of nitrogens with one attached hydrogen (secondary N) is 1. The number of piperazine rings is 1. The van der Waals surface area contributed by atoms with Gasteiger partial charge in [-0.2, -0.15) is 4.31 Å². The molecule has 0 aromatic heterocycles. The van der Waals surface area contributed by atoms with Crippen LogP contribution in [0.5, 0.6) is 0 Å². The third-order valence-electron chi connectivity index (χ3n) is 3.24. The first-order chi connectivity index (χ1) is 8.84. The molecular weight excluding hydrogens is 291 g/mol. The summed E-state index contributed by atoms with van der Waals surface area (Å²) in [7, 11) is -3.69. The molecule has 1 aromatic rings. The molecule has 7 heteroatoms. The highest BCUT2D eigenvalue weighted by Crippen LogP contribution is 2.28. The Kier molecular flexibility index (Phi) is 4.15. The van der Waals surface area contributed by atoms with Crippen molar-refractivity contribution in [3.8, 4) is 0 Å². The normalized spacial score (nSPS) is 21.6. The van der Waals surface area contributed by atoms with E-state index in [1.54, 1.807) is 0 Å². The van der Waals surface area contributed by atoms with Gasteiger partial charge in [0.2, 0.25) is 10.0 Å².